The molecule has 0 saturated carbocycles. The van der Waals surface area contributed by atoms with Crippen molar-refractivity contribution in [3.8, 4) is 0 Å². The van der Waals surface area contributed by atoms with Crippen molar-refractivity contribution in [2.24, 2.45) is 13.0 Å². The Morgan fingerprint density at radius 3 is 2.33 bits per heavy atom. The summed E-state index contributed by atoms with van der Waals surface area (Å²) >= 11 is 0. The second kappa shape index (κ2) is 8.50. The number of rotatable bonds is 5. The number of carbonyl (C=O) groups is 1. The molecule has 1 rings (SSSR count). The van der Waals surface area contributed by atoms with Crippen molar-refractivity contribution in [2.45, 2.75) is 33.6 Å². The fraction of sp³-hybridized carbons (Fsp3) is 0.692. The zero-order valence-electron chi connectivity index (χ0n) is 11.8. The molecule has 0 atom stereocenters. The molecule has 4 nitrogen and oxygen atoms in total. The van der Waals surface area contributed by atoms with Gasteiger partial charge in [0, 0.05) is 13.1 Å². The molecule has 0 radical (unpaired) electrons. The summed E-state index contributed by atoms with van der Waals surface area (Å²) in [6.07, 6.45) is 7.73. The van der Waals surface area contributed by atoms with Crippen LogP contribution in [0.5, 0.6) is 0 Å². The zero-order chi connectivity index (χ0) is 12.8. The van der Waals surface area contributed by atoms with Crippen LogP contribution in [-0.4, -0.2) is 28.6 Å². The topological polar surface area (TPSA) is 29.1 Å². The monoisotopic (exact) mass is 365 g/mol. The van der Waals surface area contributed by atoms with Crippen LogP contribution in [0.25, 0.3) is 0 Å². The summed E-state index contributed by atoms with van der Waals surface area (Å²) in [6, 6.07) is 0.0694. The van der Waals surface area contributed by atoms with Crippen molar-refractivity contribution in [3.05, 3.63) is 18.7 Å². The average Bonchev–Trinajstić information content (AvgIpc) is 2.77. The van der Waals surface area contributed by atoms with E-state index < -0.39 is 0 Å². The normalized spacial score (nSPS) is 10.3. The average molecular weight is 365 g/mol. The molecule has 1 heterocycles. The van der Waals surface area contributed by atoms with Crippen LogP contribution < -0.4 is 28.5 Å². The molecule has 1 aromatic rings. The molecule has 1 amide bonds. The van der Waals surface area contributed by atoms with Crippen LogP contribution in [0.3, 0.4) is 0 Å². The fourth-order valence-electron chi connectivity index (χ4n) is 1.93. The Bertz CT molecular complexity index is 361. The lowest BCUT2D eigenvalue weighted by Crippen LogP contribution is -3.00. The Labute approximate surface area is 127 Å². The highest BCUT2D eigenvalue weighted by Crippen LogP contribution is 2.10. The van der Waals surface area contributed by atoms with E-state index in [0.717, 1.165) is 25.9 Å². The Kier molecular flexibility index (Phi) is 8.22. The molecule has 0 bridgehead atoms. The number of nitrogens with zero attached hydrogens (tertiary/aromatic N) is 3. The van der Waals surface area contributed by atoms with Crippen LogP contribution in [0.1, 0.15) is 33.6 Å². The number of carbonyl (C=O) groups excluding carboxylic acids is 1. The molecule has 0 saturated heterocycles. The first kappa shape index (κ1) is 17.4. The van der Waals surface area contributed by atoms with Crippen molar-refractivity contribution < 1.29 is 33.3 Å². The van der Waals surface area contributed by atoms with Gasteiger partial charge in [0.2, 0.25) is 0 Å². The molecule has 0 fully saturated rings. The predicted octanol–water partition coefficient (Wildman–Crippen LogP) is -0.957. The zero-order valence-corrected chi connectivity index (χ0v) is 13.9. The molecule has 0 N–H and O–H groups in total. The van der Waals surface area contributed by atoms with Crippen LogP contribution in [0.15, 0.2) is 18.7 Å². The van der Waals surface area contributed by atoms with Crippen molar-refractivity contribution in [3.63, 3.8) is 0 Å². The maximum Gasteiger partial charge on any atom is 0.415 e. The van der Waals surface area contributed by atoms with E-state index in [4.69, 9.17) is 0 Å². The van der Waals surface area contributed by atoms with Gasteiger partial charge < -0.3 is 28.9 Å². The fourth-order valence-corrected chi connectivity index (χ4v) is 1.93. The molecular weight excluding hydrogens is 341 g/mol. The van der Waals surface area contributed by atoms with E-state index in [1.807, 2.05) is 29.6 Å². The maximum absolute atomic E-state index is 12.2. The van der Waals surface area contributed by atoms with Gasteiger partial charge in [-0.2, -0.15) is 4.57 Å². The molecule has 0 aromatic carbocycles. The summed E-state index contributed by atoms with van der Waals surface area (Å²) < 4.78 is 3.52. The van der Waals surface area contributed by atoms with Crippen LogP contribution in [0.4, 0.5) is 4.79 Å². The van der Waals surface area contributed by atoms with E-state index in [0.29, 0.717) is 5.92 Å². The van der Waals surface area contributed by atoms with Crippen molar-refractivity contribution in [2.75, 3.05) is 13.1 Å². The van der Waals surface area contributed by atoms with Crippen molar-refractivity contribution in [1.29, 1.82) is 0 Å². The molecule has 0 aliphatic rings. The first-order valence-electron chi connectivity index (χ1n) is 6.44. The summed E-state index contributed by atoms with van der Waals surface area (Å²) in [5.74, 6) is 0.600. The molecule has 1 aromatic heterocycles. The number of imidazole rings is 1. The Hall–Kier alpha value is -0.590. The second-order valence-electron chi connectivity index (χ2n) is 4.49. The number of hydrogen-bond acceptors (Lipinski definition) is 1. The third kappa shape index (κ3) is 4.59. The lowest BCUT2D eigenvalue weighted by atomic mass is 10.0. The van der Waals surface area contributed by atoms with Gasteiger partial charge in [0.05, 0.1) is 7.05 Å². The number of halogens is 1. The summed E-state index contributed by atoms with van der Waals surface area (Å²) in [4.78, 5) is 14.1. The van der Waals surface area contributed by atoms with E-state index in [2.05, 4.69) is 13.8 Å². The van der Waals surface area contributed by atoms with E-state index in [9.17, 15) is 4.79 Å². The van der Waals surface area contributed by atoms with E-state index in [-0.39, 0.29) is 30.0 Å². The Morgan fingerprint density at radius 2 is 1.94 bits per heavy atom. The molecule has 0 spiro atoms. The highest BCUT2D eigenvalue weighted by molar-refractivity contribution is 5.76. The van der Waals surface area contributed by atoms with Crippen molar-refractivity contribution in [1.82, 2.24) is 9.47 Å². The Morgan fingerprint density at radius 1 is 1.33 bits per heavy atom. The number of aryl methyl sites for hydroxylation is 1. The van der Waals surface area contributed by atoms with Crippen molar-refractivity contribution >= 4 is 6.03 Å². The Balaban J connectivity index is 0.00000289. The molecule has 0 aliphatic carbocycles. The summed E-state index contributed by atoms with van der Waals surface area (Å²) in [7, 11) is 1.92. The van der Waals surface area contributed by atoms with Crippen LogP contribution in [0, 0.1) is 5.92 Å². The lowest BCUT2D eigenvalue weighted by molar-refractivity contribution is -0.670. The summed E-state index contributed by atoms with van der Waals surface area (Å²) in [6.45, 7) is 8.01. The third-order valence-electron chi connectivity index (χ3n) is 3.28. The van der Waals surface area contributed by atoms with E-state index >= 15 is 0 Å². The quantitative estimate of drug-likeness (QED) is 0.489. The van der Waals surface area contributed by atoms with Gasteiger partial charge in [-0.3, -0.25) is 0 Å². The van der Waals surface area contributed by atoms with Gasteiger partial charge in [-0.1, -0.05) is 26.7 Å². The minimum atomic E-state index is 0. The predicted molar refractivity (Wildman–Crippen MR) is 67.7 cm³/mol. The van der Waals surface area contributed by atoms with Gasteiger partial charge in [0.25, 0.3) is 6.33 Å². The molecule has 5 heteroatoms. The second-order valence-corrected chi connectivity index (χ2v) is 4.49. The van der Waals surface area contributed by atoms with E-state index in [1.54, 1.807) is 17.1 Å². The van der Waals surface area contributed by atoms with E-state index in [1.165, 1.54) is 0 Å². The maximum atomic E-state index is 12.2. The standard InChI is InChI=1S/C13H24N3O.HI/c1-5-12(6-2)10-15(7-3)13(17)16-9-8-14(4)11-16;/h8-9,11-12H,5-7,10H2,1-4H3;1H/q+1;/p-1. The lowest BCUT2D eigenvalue weighted by Gasteiger charge is -2.23. The van der Waals surface area contributed by atoms with Crippen LogP contribution in [0.2, 0.25) is 0 Å². The largest absolute Gasteiger partial charge is 1.00 e. The first-order chi connectivity index (χ1) is 8.12. The minimum Gasteiger partial charge on any atom is -1.00 e. The molecule has 104 valence electrons. The molecular formula is C13H24IN3O. The van der Waals surface area contributed by atoms with Gasteiger partial charge in [0.1, 0.15) is 12.4 Å². The third-order valence-corrected chi connectivity index (χ3v) is 3.28. The first-order valence-corrected chi connectivity index (χ1v) is 6.44. The SMILES string of the molecule is CCC(CC)CN(CC)C(=O)n1cc[n+](C)c1.[I-]. The molecule has 0 unspecified atom stereocenters. The number of hydrogen-bond donors (Lipinski definition) is 0. The number of amides is 1. The van der Waals surface area contributed by atoms with Gasteiger partial charge in [-0.05, 0) is 12.8 Å². The summed E-state index contributed by atoms with van der Waals surface area (Å²) in [5, 5.41) is 0. The van der Waals surface area contributed by atoms with Gasteiger partial charge in [-0.15, -0.1) is 0 Å². The minimum absolute atomic E-state index is 0. The van der Waals surface area contributed by atoms with Gasteiger partial charge in [0.15, 0.2) is 0 Å². The van der Waals surface area contributed by atoms with Gasteiger partial charge in [-0.25, -0.2) is 9.36 Å². The number of aromatic nitrogens is 2. The molecule has 0 aliphatic heterocycles. The smallest absolute Gasteiger partial charge is 0.415 e. The van der Waals surface area contributed by atoms with Gasteiger partial charge >= 0.3 is 6.03 Å². The molecule has 18 heavy (non-hydrogen) atoms. The highest BCUT2D eigenvalue weighted by atomic mass is 127. The van der Waals surface area contributed by atoms with Crippen LogP contribution >= 0.6 is 0 Å². The van der Waals surface area contributed by atoms with Crippen LogP contribution in [-0.2, 0) is 7.05 Å². The summed E-state index contributed by atoms with van der Waals surface area (Å²) in [5.41, 5.74) is 0. The highest BCUT2D eigenvalue weighted by Gasteiger charge is 2.21.